The van der Waals surface area contributed by atoms with Crippen LogP contribution in [0.4, 0.5) is 10.1 Å². The number of hydrogen-bond acceptors (Lipinski definition) is 4. The summed E-state index contributed by atoms with van der Waals surface area (Å²) < 4.78 is 20.8. The number of ether oxygens (including phenoxy) is 1. The molecule has 3 aromatic carbocycles. The molecule has 0 bridgehead atoms. The third-order valence-corrected chi connectivity index (χ3v) is 6.90. The maximum absolute atomic E-state index is 13.7. The minimum Gasteiger partial charge on any atom is -0.488 e. The molecule has 1 amide bonds. The predicted octanol–water partition coefficient (Wildman–Crippen LogP) is 7.88. The molecule has 4 rings (SSSR count). The molecule has 0 N–H and O–H groups in total. The van der Waals surface area contributed by atoms with Crippen molar-refractivity contribution in [2.45, 2.75) is 6.61 Å². The van der Waals surface area contributed by atoms with Gasteiger partial charge in [0.25, 0.3) is 5.91 Å². The first-order chi connectivity index (χ1) is 15.3. The minimum atomic E-state index is -0.441. The van der Waals surface area contributed by atoms with Gasteiger partial charge in [-0.2, -0.15) is 0 Å². The summed E-state index contributed by atoms with van der Waals surface area (Å²) in [5, 5.41) is 1.05. The normalized spacial score (nSPS) is 15.0. The fourth-order valence-electron chi connectivity index (χ4n) is 3.00. The first-order valence-corrected chi connectivity index (χ1v) is 12.0. The molecule has 162 valence electrons. The number of anilines is 1. The second kappa shape index (κ2) is 9.93. The van der Waals surface area contributed by atoms with Crippen molar-refractivity contribution in [3.05, 3.63) is 97.0 Å². The molecule has 1 aliphatic heterocycles. The molecule has 3 nitrogen and oxygen atoms in total. The number of thiocarbonyl (C=S) groups is 1. The highest BCUT2D eigenvalue weighted by Crippen LogP contribution is 2.38. The van der Waals surface area contributed by atoms with E-state index in [1.165, 1.54) is 23.1 Å². The molecule has 0 aliphatic carbocycles. The first-order valence-electron chi connectivity index (χ1n) is 9.21. The van der Waals surface area contributed by atoms with Gasteiger partial charge in [0, 0.05) is 25.6 Å². The van der Waals surface area contributed by atoms with Crippen LogP contribution in [0, 0.1) is 5.82 Å². The lowest BCUT2D eigenvalue weighted by Crippen LogP contribution is -2.27. The number of carbonyl (C=O) groups is 1. The molecule has 0 aromatic heterocycles. The lowest BCUT2D eigenvalue weighted by atomic mass is 10.1. The van der Waals surface area contributed by atoms with Crippen molar-refractivity contribution in [2.24, 2.45) is 0 Å². The van der Waals surface area contributed by atoms with E-state index in [1.54, 1.807) is 36.4 Å². The Bertz CT molecular complexity index is 1270. The number of halogens is 4. The van der Waals surface area contributed by atoms with Crippen LogP contribution in [0.25, 0.3) is 6.08 Å². The van der Waals surface area contributed by atoms with E-state index in [9.17, 15) is 9.18 Å². The van der Waals surface area contributed by atoms with Gasteiger partial charge in [-0.15, -0.1) is 0 Å². The van der Waals surface area contributed by atoms with Crippen LogP contribution < -0.4 is 9.64 Å². The summed E-state index contributed by atoms with van der Waals surface area (Å²) in [6, 6.07) is 16.4. The van der Waals surface area contributed by atoms with E-state index in [2.05, 4.69) is 15.9 Å². The van der Waals surface area contributed by atoms with E-state index in [1.807, 2.05) is 12.1 Å². The highest BCUT2D eigenvalue weighted by atomic mass is 79.9. The number of nitrogens with zero attached hydrogens (tertiary/aromatic N) is 1. The van der Waals surface area contributed by atoms with Crippen LogP contribution in [0.3, 0.4) is 0 Å². The lowest BCUT2D eigenvalue weighted by molar-refractivity contribution is -0.113. The van der Waals surface area contributed by atoms with Crippen molar-refractivity contribution in [1.29, 1.82) is 0 Å². The van der Waals surface area contributed by atoms with Crippen LogP contribution >= 0.6 is 63.1 Å². The summed E-state index contributed by atoms with van der Waals surface area (Å²) in [5.74, 6) is -0.198. The molecule has 3 aromatic rings. The van der Waals surface area contributed by atoms with Gasteiger partial charge in [0.15, 0.2) is 4.32 Å². The maximum Gasteiger partial charge on any atom is 0.270 e. The number of amides is 1. The van der Waals surface area contributed by atoms with Crippen molar-refractivity contribution < 1.29 is 13.9 Å². The largest absolute Gasteiger partial charge is 0.488 e. The van der Waals surface area contributed by atoms with Crippen LogP contribution in [0.2, 0.25) is 10.0 Å². The minimum absolute atomic E-state index is 0.225. The Balaban J connectivity index is 1.61. The highest BCUT2D eigenvalue weighted by Gasteiger charge is 2.33. The Morgan fingerprint density at radius 3 is 2.69 bits per heavy atom. The predicted molar refractivity (Wildman–Crippen MR) is 137 cm³/mol. The molecule has 1 saturated heterocycles. The molecule has 0 saturated carbocycles. The summed E-state index contributed by atoms with van der Waals surface area (Å²) in [6.07, 6.45) is 1.71. The molecule has 0 spiro atoms. The topological polar surface area (TPSA) is 29.5 Å². The summed E-state index contributed by atoms with van der Waals surface area (Å²) in [4.78, 5) is 14.8. The zero-order valence-electron chi connectivity index (χ0n) is 16.2. The van der Waals surface area contributed by atoms with E-state index in [-0.39, 0.29) is 12.5 Å². The fourth-order valence-corrected chi connectivity index (χ4v) is 5.14. The summed E-state index contributed by atoms with van der Waals surface area (Å²) >= 11 is 22.2. The van der Waals surface area contributed by atoms with Gasteiger partial charge in [0.05, 0.1) is 10.6 Å². The monoisotopic (exact) mass is 567 g/mol. The van der Waals surface area contributed by atoms with Crippen LogP contribution in [-0.2, 0) is 11.4 Å². The summed E-state index contributed by atoms with van der Waals surface area (Å²) in [6.45, 7) is 0.225. The quantitative estimate of drug-likeness (QED) is 0.231. The van der Waals surface area contributed by atoms with E-state index in [4.69, 9.17) is 40.2 Å². The zero-order valence-corrected chi connectivity index (χ0v) is 20.9. The average molecular weight is 569 g/mol. The van der Waals surface area contributed by atoms with Crippen LogP contribution in [-0.4, -0.2) is 10.2 Å². The van der Waals surface area contributed by atoms with Crippen LogP contribution in [0.15, 0.2) is 70.0 Å². The molecule has 1 aliphatic rings. The highest BCUT2D eigenvalue weighted by molar-refractivity contribution is 9.10. The van der Waals surface area contributed by atoms with Crippen molar-refractivity contribution >= 4 is 85.1 Å². The third-order valence-electron chi connectivity index (χ3n) is 4.52. The van der Waals surface area contributed by atoms with Crippen LogP contribution in [0.1, 0.15) is 11.1 Å². The molecule has 1 heterocycles. The van der Waals surface area contributed by atoms with Gasteiger partial charge >= 0.3 is 0 Å². The van der Waals surface area contributed by atoms with Crippen LogP contribution in [0.5, 0.6) is 5.75 Å². The van der Waals surface area contributed by atoms with Gasteiger partial charge < -0.3 is 4.74 Å². The molecular formula is C23H13BrCl2FNO2S2. The van der Waals surface area contributed by atoms with Gasteiger partial charge in [-0.25, -0.2) is 4.39 Å². The van der Waals surface area contributed by atoms with Crippen molar-refractivity contribution in [2.75, 3.05) is 4.90 Å². The van der Waals surface area contributed by atoms with Crippen molar-refractivity contribution in [3.63, 3.8) is 0 Å². The number of hydrogen-bond donors (Lipinski definition) is 0. The average Bonchev–Trinajstić information content (AvgIpc) is 3.01. The standard InChI is InChI=1S/C23H13BrCl2FNO2S2/c24-15-5-7-20(30-12-13-4-6-16(25)10-19(13)26)14(8-15)9-21-22(29)28(23(31)32-21)18-3-1-2-17(27)11-18/h1-11H,12H2/b21-9+. The Hall–Kier alpha value is -1.90. The first kappa shape index (κ1) is 23.3. The maximum atomic E-state index is 13.7. The van der Waals surface area contributed by atoms with Gasteiger partial charge in [0.1, 0.15) is 18.2 Å². The fraction of sp³-hybridized carbons (Fsp3) is 0.0435. The SMILES string of the molecule is O=C1/C(=C\c2cc(Br)ccc2OCc2ccc(Cl)cc2Cl)SC(=S)N1c1cccc(F)c1. The number of thioether (sulfide) groups is 1. The smallest absolute Gasteiger partial charge is 0.270 e. The van der Waals surface area contributed by atoms with Gasteiger partial charge in [-0.1, -0.05) is 75.2 Å². The van der Waals surface area contributed by atoms with E-state index in [0.29, 0.717) is 36.3 Å². The van der Waals surface area contributed by atoms with E-state index < -0.39 is 5.82 Å². The Labute approximate surface area is 212 Å². The van der Waals surface area contributed by atoms with E-state index in [0.717, 1.165) is 21.8 Å². The van der Waals surface area contributed by atoms with Gasteiger partial charge in [0.2, 0.25) is 0 Å². The number of rotatable bonds is 5. The molecule has 0 atom stereocenters. The Kier molecular flexibility index (Phi) is 7.22. The van der Waals surface area contributed by atoms with E-state index >= 15 is 0 Å². The molecule has 32 heavy (non-hydrogen) atoms. The third kappa shape index (κ3) is 5.18. The Morgan fingerprint density at radius 2 is 1.94 bits per heavy atom. The number of carbonyl (C=O) groups excluding carboxylic acids is 1. The molecule has 1 fully saturated rings. The second-order valence-electron chi connectivity index (χ2n) is 6.70. The lowest BCUT2D eigenvalue weighted by Gasteiger charge is -2.14. The molecule has 0 unspecified atom stereocenters. The zero-order chi connectivity index (χ0) is 22.8. The van der Waals surface area contributed by atoms with Crippen molar-refractivity contribution in [3.8, 4) is 5.75 Å². The van der Waals surface area contributed by atoms with Crippen molar-refractivity contribution in [1.82, 2.24) is 0 Å². The second-order valence-corrected chi connectivity index (χ2v) is 10.1. The van der Waals surface area contributed by atoms with Gasteiger partial charge in [-0.05, 0) is 54.6 Å². The molecule has 0 radical (unpaired) electrons. The molecular weight excluding hydrogens is 556 g/mol. The molecule has 9 heteroatoms. The Morgan fingerprint density at radius 1 is 1.12 bits per heavy atom. The number of benzene rings is 3. The summed E-state index contributed by atoms with van der Waals surface area (Å²) in [5.41, 5.74) is 1.85. The summed E-state index contributed by atoms with van der Waals surface area (Å²) in [7, 11) is 0. The van der Waals surface area contributed by atoms with Gasteiger partial charge in [-0.3, -0.25) is 9.69 Å².